The van der Waals surface area contributed by atoms with Gasteiger partial charge in [0.25, 0.3) is 0 Å². The second kappa shape index (κ2) is 8.05. The number of anilines is 1. The van der Waals surface area contributed by atoms with Crippen LogP contribution in [-0.4, -0.2) is 60.4 Å². The molecule has 1 aromatic heterocycles. The van der Waals surface area contributed by atoms with Gasteiger partial charge in [0.2, 0.25) is 5.95 Å². The van der Waals surface area contributed by atoms with Gasteiger partial charge in [-0.3, -0.25) is 4.90 Å². The van der Waals surface area contributed by atoms with Crippen molar-refractivity contribution in [3.8, 4) is 5.75 Å². The smallest absolute Gasteiger partial charge is 0.225 e. The third-order valence-corrected chi connectivity index (χ3v) is 5.95. The number of hydrogen-bond donors (Lipinski definition) is 1. The Hall–Kier alpha value is -2.18. The first-order valence-electron chi connectivity index (χ1n) is 10.2. The van der Waals surface area contributed by atoms with Crippen molar-refractivity contribution in [2.75, 3.05) is 45.3 Å². The third-order valence-electron chi connectivity index (χ3n) is 5.95. The second-order valence-electron chi connectivity index (χ2n) is 8.25. The highest BCUT2D eigenvalue weighted by Crippen LogP contribution is 2.44. The van der Waals surface area contributed by atoms with Gasteiger partial charge >= 0.3 is 0 Å². The lowest BCUT2D eigenvalue weighted by Gasteiger charge is -2.40. The number of aliphatic hydroxyl groups excluding tert-OH is 1. The van der Waals surface area contributed by atoms with E-state index in [1.54, 1.807) is 0 Å². The Morgan fingerprint density at radius 2 is 2.18 bits per heavy atom. The highest BCUT2D eigenvalue weighted by molar-refractivity contribution is 5.39. The molecule has 1 spiro atoms. The maximum atomic E-state index is 8.96. The van der Waals surface area contributed by atoms with Crippen LogP contribution < -0.4 is 9.64 Å². The average molecular weight is 383 g/mol. The Labute approximate surface area is 167 Å². The normalized spacial score (nSPS) is 21.7. The molecular formula is C22H30N4O2. The van der Waals surface area contributed by atoms with Gasteiger partial charge in [-0.1, -0.05) is 12.1 Å². The molecular weight excluding hydrogens is 352 g/mol. The predicted octanol–water partition coefficient (Wildman–Crippen LogP) is 2.39. The molecule has 150 valence electrons. The predicted molar refractivity (Wildman–Crippen MR) is 110 cm³/mol. The third kappa shape index (κ3) is 3.84. The van der Waals surface area contributed by atoms with Gasteiger partial charge < -0.3 is 14.7 Å². The number of aryl methyl sites for hydroxylation is 1. The molecule has 2 aromatic rings. The van der Waals surface area contributed by atoms with E-state index in [1.807, 2.05) is 37.3 Å². The van der Waals surface area contributed by atoms with Gasteiger partial charge in [0.1, 0.15) is 12.4 Å². The van der Waals surface area contributed by atoms with Crippen LogP contribution in [0.4, 0.5) is 5.95 Å². The maximum absolute atomic E-state index is 8.96. The Balaban J connectivity index is 1.51. The van der Waals surface area contributed by atoms with E-state index in [9.17, 15) is 0 Å². The fourth-order valence-electron chi connectivity index (χ4n) is 4.66. The highest BCUT2D eigenvalue weighted by atomic mass is 16.5. The number of aliphatic hydroxyl groups is 1. The molecule has 2 aliphatic rings. The topological polar surface area (TPSA) is 61.7 Å². The van der Waals surface area contributed by atoms with E-state index in [-0.39, 0.29) is 12.0 Å². The number of benzene rings is 1. The standard InChI is InChI=1S/C22H30N4O2/c1-25(2)21-23-14-18-7-9-22(20(18)24-21)8-4-10-26(16-22)15-17-5-3-6-19(13-17)28-12-11-27/h3,5-6,13-14,27H,4,7-12,15-16H2,1-2H3. The van der Waals surface area contributed by atoms with Crippen molar-refractivity contribution in [2.24, 2.45) is 0 Å². The molecule has 1 saturated heterocycles. The van der Waals surface area contributed by atoms with Crippen LogP contribution in [0, 0.1) is 0 Å². The molecule has 6 nitrogen and oxygen atoms in total. The molecule has 1 aliphatic carbocycles. The lowest BCUT2D eigenvalue weighted by molar-refractivity contribution is 0.136. The molecule has 2 heterocycles. The van der Waals surface area contributed by atoms with Crippen molar-refractivity contribution in [1.82, 2.24) is 14.9 Å². The van der Waals surface area contributed by atoms with Gasteiger partial charge in [0.05, 0.1) is 12.3 Å². The largest absolute Gasteiger partial charge is 0.491 e. The van der Waals surface area contributed by atoms with Gasteiger partial charge in [-0.15, -0.1) is 0 Å². The lowest BCUT2D eigenvalue weighted by atomic mass is 9.77. The first-order chi connectivity index (χ1) is 13.6. The summed E-state index contributed by atoms with van der Waals surface area (Å²) in [5.41, 5.74) is 4.01. The van der Waals surface area contributed by atoms with Gasteiger partial charge in [0.15, 0.2) is 0 Å². The lowest BCUT2D eigenvalue weighted by Crippen LogP contribution is -2.45. The summed E-state index contributed by atoms with van der Waals surface area (Å²) in [5.74, 6) is 1.64. The van der Waals surface area contributed by atoms with Crippen LogP contribution in [0.2, 0.25) is 0 Å². The van der Waals surface area contributed by atoms with E-state index in [4.69, 9.17) is 14.8 Å². The van der Waals surface area contributed by atoms with Crippen LogP contribution in [0.3, 0.4) is 0 Å². The van der Waals surface area contributed by atoms with Crippen molar-refractivity contribution in [3.63, 3.8) is 0 Å². The van der Waals surface area contributed by atoms with E-state index in [0.717, 1.165) is 37.8 Å². The van der Waals surface area contributed by atoms with Crippen molar-refractivity contribution < 1.29 is 9.84 Å². The molecule has 0 radical (unpaired) electrons. The number of hydrogen-bond acceptors (Lipinski definition) is 6. The molecule has 28 heavy (non-hydrogen) atoms. The SMILES string of the molecule is CN(C)c1ncc2c(n1)C1(CCCN(Cc3cccc(OCCO)c3)C1)CC2. The molecule has 0 saturated carbocycles. The minimum atomic E-state index is 0.0368. The first kappa shape index (κ1) is 19.2. The Morgan fingerprint density at radius 3 is 3.00 bits per heavy atom. The number of likely N-dealkylation sites (tertiary alicyclic amines) is 1. The van der Waals surface area contributed by atoms with E-state index in [2.05, 4.69) is 22.0 Å². The summed E-state index contributed by atoms with van der Waals surface area (Å²) < 4.78 is 5.57. The van der Waals surface area contributed by atoms with Gasteiger partial charge in [-0.25, -0.2) is 9.97 Å². The van der Waals surface area contributed by atoms with E-state index >= 15 is 0 Å². The van der Waals surface area contributed by atoms with Crippen molar-refractivity contribution in [3.05, 3.63) is 47.3 Å². The van der Waals surface area contributed by atoms with E-state index in [0.29, 0.717) is 6.61 Å². The number of nitrogens with zero attached hydrogens (tertiary/aromatic N) is 4. The Kier molecular flexibility index (Phi) is 5.51. The van der Waals surface area contributed by atoms with Crippen molar-refractivity contribution >= 4 is 5.95 Å². The summed E-state index contributed by atoms with van der Waals surface area (Å²) in [6.45, 7) is 3.45. The zero-order chi connectivity index (χ0) is 19.6. The molecule has 0 amide bonds. The minimum absolute atomic E-state index is 0.0368. The molecule has 1 unspecified atom stereocenters. The molecule has 6 heteroatoms. The minimum Gasteiger partial charge on any atom is -0.491 e. The fourth-order valence-corrected chi connectivity index (χ4v) is 4.66. The van der Waals surface area contributed by atoms with Crippen LogP contribution in [0.1, 0.15) is 36.1 Å². The molecule has 1 N–H and O–H groups in total. The van der Waals surface area contributed by atoms with Crippen molar-refractivity contribution in [2.45, 2.75) is 37.6 Å². The summed E-state index contributed by atoms with van der Waals surface area (Å²) in [7, 11) is 4.00. The van der Waals surface area contributed by atoms with Crippen LogP contribution in [0.25, 0.3) is 0 Å². The molecule has 0 bridgehead atoms. The first-order valence-corrected chi connectivity index (χ1v) is 10.2. The number of aromatic nitrogens is 2. The van der Waals surface area contributed by atoms with Gasteiger partial charge in [-0.05, 0) is 55.5 Å². The van der Waals surface area contributed by atoms with Gasteiger partial charge in [-0.2, -0.15) is 0 Å². The molecule has 1 aliphatic heterocycles. The molecule has 1 aromatic carbocycles. The Morgan fingerprint density at radius 1 is 1.29 bits per heavy atom. The van der Waals surface area contributed by atoms with Crippen molar-refractivity contribution in [1.29, 1.82) is 0 Å². The van der Waals surface area contributed by atoms with Crippen LogP contribution in [-0.2, 0) is 18.4 Å². The van der Waals surface area contributed by atoms with Crippen LogP contribution in [0.15, 0.2) is 30.5 Å². The molecule has 1 atom stereocenters. The van der Waals surface area contributed by atoms with Crippen LogP contribution in [0.5, 0.6) is 5.75 Å². The fraction of sp³-hybridized carbons (Fsp3) is 0.545. The summed E-state index contributed by atoms with van der Waals surface area (Å²) in [6, 6.07) is 8.22. The van der Waals surface area contributed by atoms with E-state index < -0.39 is 0 Å². The van der Waals surface area contributed by atoms with E-state index in [1.165, 1.54) is 36.1 Å². The molecule has 4 rings (SSSR count). The summed E-state index contributed by atoms with van der Waals surface area (Å²) in [4.78, 5) is 14.0. The van der Waals surface area contributed by atoms with Crippen LogP contribution >= 0.6 is 0 Å². The zero-order valence-corrected chi connectivity index (χ0v) is 16.9. The number of ether oxygens (including phenoxy) is 1. The summed E-state index contributed by atoms with van der Waals surface area (Å²) in [6.07, 6.45) is 6.69. The average Bonchev–Trinajstić information content (AvgIpc) is 3.04. The maximum Gasteiger partial charge on any atom is 0.225 e. The monoisotopic (exact) mass is 382 g/mol. The zero-order valence-electron chi connectivity index (χ0n) is 16.9. The molecule has 1 fully saturated rings. The second-order valence-corrected chi connectivity index (χ2v) is 8.25. The van der Waals surface area contributed by atoms with Gasteiger partial charge in [0, 0.05) is 38.8 Å². The number of piperidine rings is 1. The quantitative estimate of drug-likeness (QED) is 0.828. The highest BCUT2D eigenvalue weighted by Gasteiger charge is 2.43. The number of fused-ring (bicyclic) bond motifs is 2. The summed E-state index contributed by atoms with van der Waals surface area (Å²) in [5, 5.41) is 8.96. The number of rotatable bonds is 6. The Bertz CT molecular complexity index is 822. The summed E-state index contributed by atoms with van der Waals surface area (Å²) >= 11 is 0.